The van der Waals surface area contributed by atoms with Crippen LogP contribution in [-0.2, 0) is 0 Å². The molecule has 0 radical (unpaired) electrons. The van der Waals surface area contributed by atoms with Crippen molar-refractivity contribution in [2.75, 3.05) is 0 Å². The molecule has 0 aliphatic carbocycles. The van der Waals surface area contributed by atoms with Crippen LogP contribution in [0, 0.1) is 0 Å². The number of rotatable bonds is 4. The maximum Gasteiger partial charge on any atom is 0.147 e. The van der Waals surface area contributed by atoms with Gasteiger partial charge in [-0.25, -0.2) is 9.97 Å². The first-order valence-corrected chi connectivity index (χ1v) is 18.0. The molecule has 0 spiro atoms. The highest BCUT2D eigenvalue weighted by atomic mass is 16.3. The molecule has 3 heterocycles. The third-order valence-electron chi connectivity index (χ3n) is 10.6. The molecule has 0 N–H and O–H groups in total. The quantitative estimate of drug-likeness (QED) is 0.174. The van der Waals surface area contributed by atoms with Gasteiger partial charge in [0.05, 0.1) is 28.0 Å². The predicted molar refractivity (Wildman–Crippen MR) is 221 cm³/mol. The first-order chi connectivity index (χ1) is 26.3. The van der Waals surface area contributed by atoms with Crippen LogP contribution in [-0.4, -0.2) is 9.97 Å². The van der Waals surface area contributed by atoms with Crippen molar-refractivity contribution < 1.29 is 4.42 Å². The summed E-state index contributed by atoms with van der Waals surface area (Å²) in [6.07, 6.45) is 0. The molecule has 0 atom stereocenters. The van der Waals surface area contributed by atoms with Crippen molar-refractivity contribution in [3.63, 3.8) is 0 Å². The average Bonchev–Trinajstić information content (AvgIpc) is 3.64. The molecule has 0 aliphatic heterocycles. The third-order valence-corrected chi connectivity index (χ3v) is 10.6. The average molecular weight is 675 g/mol. The zero-order valence-electron chi connectivity index (χ0n) is 28.6. The number of para-hydroxylation sites is 2. The van der Waals surface area contributed by atoms with Crippen molar-refractivity contribution in [3.05, 3.63) is 182 Å². The molecule has 8 aromatic carbocycles. The number of hydrogen-bond donors (Lipinski definition) is 0. The summed E-state index contributed by atoms with van der Waals surface area (Å²) >= 11 is 0. The summed E-state index contributed by atoms with van der Waals surface area (Å²) in [6, 6.07) is 64.3. The molecule has 0 amide bonds. The number of aromatic nitrogens is 2. The van der Waals surface area contributed by atoms with Gasteiger partial charge in [0.25, 0.3) is 0 Å². The largest absolute Gasteiger partial charge is 0.455 e. The first-order valence-electron chi connectivity index (χ1n) is 18.0. The molecule has 0 saturated heterocycles. The lowest BCUT2D eigenvalue weighted by Gasteiger charge is -2.14. The number of hydrogen-bond acceptors (Lipinski definition) is 3. The fraction of sp³-hybridized carbons (Fsp3) is 0. The summed E-state index contributed by atoms with van der Waals surface area (Å²) in [7, 11) is 0. The number of nitrogens with zero attached hydrogens (tertiary/aromatic N) is 2. The van der Waals surface area contributed by atoms with Gasteiger partial charge in [0.15, 0.2) is 0 Å². The van der Waals surface area contributed by atoms with Gasteiger partial charge in [0, 0.05) is 27.5 Å². The number of fused-ring (bicyclic) bond motifs is 11. The van der Waals surface area contributed by atoms with Gasteiger partial charge >= 0.3 is 0 Å². The molecular formula is C50H30N2O. The minimum Gasteiger partial charge on any atom is -0.455 e. The molecule has 3 heteroatoms. The van der Waals surface area contributed by atoms with Crippen molar-refractivity contribution in [2.24, 2.45) is 0 Å². The highest BCUT2D eigenvalue weighted by Crippen LogP contribution is 2.41. The molecule has 3 nitrogen and oxygen atoms in total. The van der Waals surface area contributed by atoms with E-state index in [2.05, 4.69) is 158 Å². The van der Waals surface area contributed by atoms with E-state index in [1.807, 2.05) is 24.3 Å². The van der Waals surface area contributed by atoms with Gasteiger partial charge in [0.1, 0.15) is 11.2 Å². The van der Waals surface area contributed by atoms with Crippen LogP contribution in [0.5, 0.6) is 0 Å². The molecule has 246 valence electrons. The molecule has 3 aromatic heterocycles. The van der Waals surface area contributed by atoms with Crippen LogP contribution in [0.3, 0.4) is 0 Å². The highest BCUT2D eigenvalue weighted by Gasteiger charge is 2.18. The summed E-state index contributed by atoms with van der Waals surface area (Å²) in [5, 5.41) is 10.7. The Bertz CT molecular complexity index is 3180. The van der Waals surface area contributed by atoms with Crippen molar-refractivity contribution in [3.8, 4) is 44.9 Å². The molecule has 11 aromatic rings. The minimum atomic E-state index is 0.864. The number of benzene rings is 8. The molecule has 0 fully saturated rings. The van der Waals surface area contributed by atoms with Gasteiger partial charge < -0.3 is 4.42 Å². The van der Waals surface area contributed by atoms with E-state index in [0.29, 0.717) is 0 Å². The fourth-order valence-corrected chi connectivity index (χ4v) is 8.11. The molecule has 0 unspecified atom stereocenters. The minimum absolute atomic E-state index is 0.864. The molecule has 11 rings (SSSR count). The van der Waals surface area contributed by atoms with Crippen LogP contribution in [0.25, 0.3) is 110 Å². The lowest BCUT2D eigenvalue weighted by atomic mass is 9.92. The molecular weight excluding hydrogens is 645 g/mol. The zero-order chi connectivity index (χ0) is 34.9. The highest BCUT2D eigenvalue weighted by molar-refractivity contribution is 6.26. The topological polar surface area (TPSA) is 38.9 Å². The monoisotopic (exact) mass is 674 g/mol. The van der Waals surface area contributed by atoms with Crippen LogP contribution in [0.15, 0.2) is 186 Å². The Morgan fingerprint density at radius 3 is 1.57 bits per heavy atom. The van der Waals surface area contributed by atoms with E-state index in [0.717, 1.165) is 77.7 Å². The van der Waals surface area contributed by atoms with E-state index in [1.165, 1.54) is 32.3 Å². The molecule has 0 aliphatic rings. The predicted octanol–water partition coefficient (Wildman–Crippen LogP) is 13.7. The van der Waals surface area contributed by atoms with Crippen molar-refractivity contribution in [2.45, 2.75) is 0 Å². The van der Waals surface area contributed by atoms with Gasteiger partial charge in [-0.1, -0.05) is 146 Å². The smallest absolute Gasteiger partial charge is 0.147 e. The van der Waals surface area contributed by atoms with Crippen LogP contribution in [0.4, 0.5) is 0 Å². The van der Waals surface area contributed by atoms with E-state index in [-0.39, 0.29) is 0 Å². The van der Waals surface area contributed by atoms with E-state index in [4.69, 9.17) is 14.4 Å². The van der Waals surface area contributed by atoms with Crippen LogP contribution < -0.4 is 0 Å². The summed E-state index contributed by atoms with van der Waals surface area (Å²) in [5.74, 6) is 0. The second-order valence-electron chi connectivity index (χ2n) is 13.7. The second-order valence-corrected chi connectivity index (χ2v) is 13.7. The normalized spacial score (nSPS) is 11.8. The zero-order valence-corrected chi connectivity index (χ0v) is 28.6. The SMILES string of the molecule is c1ccc(-c2cc(-c3ccc(-c4nc5ccccc5c5oc6ccccc6c45)cc3)nc(-c3ccc4c5ccccc5c5ccccc5c4c3)c2)cc1. The molecule has 53 heavy (non-hydrogen) atoms. The maximum absolute atomic E-state index is 6.45. The van der Waals surface area contributed by atoms with Gasteiger partial charge in [-0.05, 0) is 79.8 Å². The van der Waals surface area contributed by atoms with Gasteiger partial charge in [-0.2, -0.15) is 0 Å². The maximum atomic E-state index is 6.45. The van der Waals surface area contributed by atoms with Crippen molar-refractivity contribution in [1.82, 2.24) is 9.97 Å². The Balaban J connectivity index is 1.08. The lowest BCUT2D eigenvalue weighted by Crippen LogP contribution is -1.93. The molecule has 0 bridgehead atoms. The lowest BCUT2D eigenvalue weighted by molar-refractivity contribution is 0.672. The Kier molecular flexibility index (Phi) is 6.55. The standard InChI is InChI=1S/C50H30N2O/c1-2-12-31(13-3-1)35-29-45(51-46(30-35)34-26-27-40-38-16-5-4-14-36(38)37-15-6-7-17-39(37)43(40)28-34)32-22-24-33(25-23-32)49-48-42-19-9-11-21-47(42)53-50(48)41-18-8-10-20-44(41)52-49/h1-30H. The summed E-state index contributed by atoms with van der Waals surface area (Å²) in [5.41, 5.74) is 10.9. The van der Waals surface area contributed by atoms with Crippen LogP contribution in [0.1, 0.15) is 0 Å². The number of pyridine rings is 2. The van der Waals surface area contributed by atoms with E-state index >= 15 is 0 Å². The van der Waals surface area contributed by atoms with E-state index < -0.39 is 0 Å². The van der Waals surface area contributed by atoms with Crippen LogP contribution >= 0.6 is 0 Å². The fourth-order valence-electron chi connectivity index (χ4n) is 8.11. The Labute approximate surface area is 305 Å². The summed E-state index contributed by atoms with van der Waals surface area (Å²) in [6.45, 7) is 0. The van der Waals surface area contributed by atoms with Crippen LogP contribution in [0.2, 0.25) is 0 Å². The molecule has 0 saturated carbocycles. The van der Waals surface area contributed by atoms with E-state index in [1.54, 1.807) is 0 Å². The third kappa shape index (κ3) is 4.75. The van der Waals surface area contributed by atoms with Gasteiger partial charge in [0.2, 0.25) is 0 Å². The summed E-state index contributed by atoms with van der Waals surface area (Å²) < 4.78 is 6.45. The first kappa shape index (κ1) is 29.6. The van der Waals surface area contributed by atoms with Crippen molar-refractivity contribution >= 4 is 65.2 Å². The van der Waals surface area contributed by atoms with Gasteiger partial charge in [-0.3, -0.25) is 0 Å². The van der Waals surface area contributed by atoms with E-state index in [9.17, 15) is 0 Å². The Hall–Kier alpha value is -7.10. The Morgan fingerprint density at radius 1 is 0.321 bits per heavy atom. The Morgan fingerprint density at radius 2 is 0.849 bits per heavy atom. The summed E-state index contributed by atoms with van der Waals surface area (Å²) in [4.78, 5) is 10.5. The van der Waals surface area contributed by atoms with Crippen molar-refractivity contribution in [1.29, 1.82) is 0 Å². The van der Waals surface area contributed by atoms with Gasteiger partial charge in [-0.15, -0.1) is 0 Å². The number of furan rings is 1. The second kappa shape index (κ2) is 11.7.